The van der Waals surface area contributed by atoms with Gasteiger partial charge in [0.15, 0.2) is 0 Å². The van der Waals surface area contributed by atoms with Crippen LogP contribution in [0.1, 0.15) is 27.8 Å². The summed E-state index contributed by atoms with van der Waals surface area (Å²) in [7, 11) is 0. The molecule has 0 fully saturated rings. The van der Waals surface area contributed by atoms with E-state index in [1.165, 1.54) is 48.3 Å². The summed E-state index contributed by atoms with van der Waals surface area (Å²) in [4.78, 5) is 33.8. The van der Waals surface area contributed by atoms with E-state index in [-0.39, 0.29) is 45.1 Å². The molecule has 0 saturated heterocycles. The fourth-order valence-corrected chi connectivity index (χ4v) is 4.12. The molecule has 1 heterocycles. The molecule has 27 heavy (non-hydrogen) atoms. The van der Waals surface area contributed by atoms with Crippen LogP contribution < -0.4 is 0 Å². The standard InChI is InChI=1S/C18H13F3N2O2S2/c1-2-26-17-14(15(24)12-7-4-8-22-13(12)16(17)25)23-10-5-3-6-11(9-10)27-18(19,20)21/h3-9,17H,2H2,1H3. The van der Waals surface area contributed by atoms with E-state index >= 15 is 0 Å². The van der Waals surface area contributed by atoms with Crippen LogP contribution in [0.3, 0.4) is 0 Å². The fraction of sp³-hybridized carbons (Fsp3) is 0.222. The largest absolute Gasteiger partial charge is 0.446 e. The second-order valence-electron chi connectivity index (χ2n) is 5.47. The van der Waals surface area contributed by atoms with Crippen molar-refractivity contribution in [3.8, 4) is 0 Å². The van der Waals surface area contributed by atoms with E-state index in [0.717, 1.165) is 0 Å². The molecule has 0 bridgehead atoms. The van der Waals surface area contributed by atoms with E-state index in [0.29, 0.717) is 5.75 Å². The molecule has 1 aliphatic rings. The van der Waals surface area contributed by atoms with Crippen molar-refractivity contribution in [1.82, 2.24) is 4.98 Å². The van der Waals surface area contributed by atoms with Crippen molar-refractivity contribution in [1.29, 1.82) is 0 Å². The van der Waals surface area contributed by atoms with Crippen LogP contribution in [0.4, 0.5) is 18.9 Å². The summed E-state index contributed by atoms with van der Waals surface area (Å²) < 4.78 is 37.8. The maximum atomic E-state index is 12.8. The molecule has 9 heteroatoms. The minimum atomic E-state index is -4.42. The number of benzene rings is 1. The van der Waals surface area contributed by atoms with E-state index < -0.39 is 16.5 Å². The molecule has 1 unspecified atom stereocenters. The fourth-order valence-electron chi connectivity index (χ4n) is 2.61. The molecular weight excluding hydrogens is 397 g/mol. The van der Waals surface area contributed by atoms with Crippen LogP contribution in [-0.2, 0) is 0 Å². The number of ketones is 2. The van der Waals surface area contributed by atoms with Crippen molar-refractivity contribution in [2.45, 2.75) is 22.6 Å². The van der Waals surface area contributed by atoms with Crippen LogP contribution in [0.15, 0.2) is 52.5 Å². The number of thioether (sulfide) groups is 2. The number of halogens is 3. The van der Waals surface area contributed by atoms with Gasteiger partial charge >= 0.3 is 5.51 Å². The Labute approximate surface area is 161 Å². The zero-order valence-electron chi connectivity index (χ0n) is 14.0. The van der Waals surface area contributed by atoms with Crippen LogP contribution in [-0.4, -0.2) is 38.8 Å². The summed E-state index contributed by atoms with van der Waals surface area (Å²) in [5.41, 5.74) is -3.95. The molecule has 4 nitrogen and oxygen atoms in total. The Morgan fingerprint density at radius 3 is 2.67 bits per heavy atom. The minimum Gasteiger partial charge on any atom is -0.291 e. The summed E-state index contributed by atoms with van der Waals surface area (Å²) in [5.74, 6) is -0.191. The number of aliphatic imine (C=N–C) groups is 1. The summed E-state index contributed by atoms with van der Waals surface area (Å²) in [6.07, 6.45) is 1.44. The number of fused-ring (bicyclic) bond motifs is 1. The number of hydrogen-bond acceptors (Lipinski definition) is 6. The summed E-state index contributed by atoms with van der Waals surface area (Å²) >= 11 is 0.984. The molecule has 1 aliphatic carbocycles. The molecule has 1 aromatic carbocycles. The van der Waals surface area contributed by atoms with Crippen LogP contribution >= 0.6 is 23.5 Å². The summed E-state index contributed by atoms with van der Waals surface area (Å²) in [5, 5.41) is -0.830. The molecule has 140 valence electrons. The normalized spacial score (nSPS) is 18.7. The number of rotatable bonds is 4. The number of carbonyl (C=O) groups is 2. The van der Waals surface area contributed by atoms with Crippen molar-refractivity contribution in [2.24, 2.45) is 4.99 Å². The first-order valence-corrected chi connectivity index (χ1v) is 9.76. The predicted octanol–water partition coefficient (Wildman–Crippen LogP) is 4.97. The molecule has 3 rings (SSSR count). The van der Waals surface area contributed by atoms with Crippen molar-refractivity contribution < 1.29 is 22.8 Å². The Bertz CT molecular complexity index is 929. The maximum Gasteiger partial charge on any atom is 0.446 e. The van der Waals surface area contributed by atoms with Crippen LogP contribution in [0.5, 0.6) is 0 Å². The molecule has 0 radical (unpaired) electrons. The summed E-state index contributed by atoms with van der Waals surface area (Å²) in [6.45, 7) is 1.84. The van der Waals surface area contributed by atoms with Gasteiger partial charge in [-0.2, -0.15) is 13.2 Å². The predicted molar refractivity (Wildman–Crippen MR) is 100 cm³/mol. The smallest absolute Gasteiger partial charge is 0.291 e. The molecule has 1 aromatic heterocycles. The first kappa shape index (κ1) is 19.6. The van der Waals surface area contributed by atoms with Gasteiger partial charge in [-0.3, -0.25) is 14.6 Å². The Kier molecular flexibility index (Phi) is 5.71. The lowest BCUT2D eigenvalue weighted by Gasteiger charge is -2.22. The van der Waals surface area contributed by atoms with Gasteiger partial charge in [0.2, 0.25) is 11.6 Å². The van der Waals surface area contributed by atoms with Crippen LogP contribution in [0.25, 0.3) is 0 Å². The number of Topliss-reactive ketones (excluding diaryl/α,β-unsaturated/α-hetero) is 2. The highest BCUT2D eigenvalue weighted by Crippen LogP contribution is 2.38. The highest BCUT2D eigenvalue weighted by molar-refractivity contribution is 8.01. The Balaban J connectivity index is 2.04. The number of carbonyl (C=O) groups excluding carboxylic acids is 2. The number of aromatic nitrogens is 1. The third kappa shape index (κ3) is 4.41. The maximum absolute atomic E-state index is 12.8. The third-order valence-electron chi connectivity index (χ3n) is 3.64. The molecule has 0 saturated carbocycles. The number of hydrogen-bond donors (Lipinski definition) is 0. The van der Waals surface area contributed by atoms with Crippen molar-refractivity contribution >= 4 is 46.5 Å². The summed E-state index contributed by atoms with van der Waals surface area (Å²) in [6, 6.07) is 8.54. The Morgan fingerprint density at radius 2 is 1.96 bits per heavy atom. The minimum absolute atomic E-state index is 0.0153. The zero-order valence-corrected chi connectivity index (χ0v) is 15.6. The van der Waals surface area contributed by atoms with Gasteiger partial charge in [0, 0.05) is 11.1 Å². The lowest BCUT2D eigenvalue weighted by molar-refractivity contribution is -0.0328. The van der Waals surface area contributed by atoms with Gasteiger partial charge in [0.1, 0.15) is 16.7 Å². The molecular formula is C18H13F3N2O2S2. The second kappa shape index (κ2) is 7.85. The lowest BCUT2D eigenvalue weighted by atomic mass is 9.91. The van der Waals surface area contributed by atoms with E-state index in [1.54, 1.807) is 6.07 Å². The average Bonchev–Trinajstić information content (AvgIpc) is 2.61. The SMILES string of the molecule is CCSC1C(=O)c2ncccc2C(=O)C1=Nc1cccc(SC(F)(F)F)c1. The highest BCUT2D eigenvalue weighted by Gasteiger charge is 2.39. The van der Waals surface area contributed by atoms with Gasteiger partial charge in [0.05, 0.1) is 11.3 Å². The van der Waals surface area contributed by atoms with Crippen molar-refractivity contribution in [3.63, 3.8) is 0 Å². The van der Waals surface area contributed by atoms with Crippen molar-refractivity contribution in [3.05, 3.63) is 53.9 Å². The van der Waals surface area contributed by atoms with E-state index in [4.69, 9.17) is 0 Å². The second-order valence-corrected chi connectivity index (χ2v) is 7.99. The third-order valence-corrected chi connectivity index (χ3v) is 5.46. The van der Waals surface area contributed by atoms with Gasteiger partial charge in [-0.15, -0.1) is 11.8 Å². The molecule has 0 N–H and O–H groups in total. The van der Waals surface area contributed by atoms with E-state index in [1.807, 2.05) is 6.92 Å². The topological polar surface area (TPSA) is 59.4 Å². The van der Waals surface area contributed by atoms with Gasteiger partial charge in [-0.05, 0) is 47.8 Å². The van der Waals surface area contributed by atoms with Crippen molar-refractivity contribution in [2.75, 3.05) is 5.75 Å². The monoisotopic (exact) mass is 410 g/mol. The van der Waals surface area contributed by atoms with Gasteiger partial charge in [-0.25, -0.2) is 4.99 Å². The van der Waals surface area contributed by atoms with E-state index in [9.17, 15) is 22.8 Å². The first-order chi connectivity index (χ1) is 12.8. The molecule has 2 aromatic rings. The Morgan fingerprint density at radius 1 is 1.19 bits per heavy atom. The van der Waals surface area contributed by atoms with Gasteiger partial charge in [0.25, 0.3) is 0 Å². The van der Waals surface area contributed by atoms with Crippen LogP contribution in [0.2, 0.25) is 0 Å². The zero-order chi connectivity index (χ0) is 19.6. The van der Waals surface area contributed by atoms with Gasteiger partial charge < -0.3 is 0 Å². The van der Waals surface area contributed by atoms with E-state index in [2.05, 4.69) is 9.98 Å². The van der Waals surface area contributed by atoms with Crippen LogP contribution in [0, 0.1) is 0 Å². The number of nitrogens with zero attached hydrogens (tertiary/aromatic N) is 2. The Hall–Kier alpha value is -2.13. The number of alkyl halides is 3. The quantitative estimate of drug-likeness (QED) is 0.667. The van der Waals surface area contributed by atoms with Gasteiger partial charge in [-0.1, -0.05) is 13.0 Å². The molecule has 1 atom stereocenters. The molecule has 0 amide bonds. The lowest BCUT2D eigenvalue weighted by Crippen LogP contribution is -2.40. The highest BCUT2D eigenvalue weighted by atomic mass is 32.2. The molecule has 0 spiro atoms. The first-order valence-electron chi connectivity index (χ1n) is 7.90. The number of pyridine rings is 1. The molecule has 0 aliphatic heterocycles. The average molecular weight is 410 g/mol.